The Balaban J connectivity index is 2.46. The predicted octanol–water partition coefficient (Wildman–Crippen LogP) is 7.03. The van der Waals surface area contributed by atoms with E-state index in [1.165, 1.54) is 24.3 Å². The maximum absolute atomic E-state index is 13.5. The lowest BCUT2D eigenvalue weighted by Crippen LogP contribution is -2.34. The first-order valence-corrected chi connectivity index (χ1v) is 10.1. The SMILES string of the molecule is C[C@H]([C@H](C(=O)Nc1cc(C(CC(=O)O)C(F)(F)F)ccc1Cl)c1ccc(Cl)cc1)C(F)(F)F. The monoisotopic (exact) mass is 515 g/mol. The van der Waals surface area contributed by atoms with E-state index in [1.54, 1.807) is 0 Å². The summed E-state index contributed by atoms with van der Waals surface area (Å²) in [5.74, 6) is -9.21. The number of carboxylic acids is 1. The lowest BCUT2D eigenvalue weighted by Gasteiger charge is -2.26. The number of hydrogen-bond donors (Lipinski definition) is 2. The molecule has 0 saturated carbocycles. The first-order chi connectivity index (χ1) is 15.1. The molecule has 2 aromatic carbocycles. The van der Waals surface area contributed by atoms with Crippen LogP contribution >= 0.6 is 23.2 Å². The topological polar surface area (TPSA) is 66.4 Å². The third-order valence-corrected chi connectivity index (χ3v) is 5.53. The second kappa shape index (κ2) is 10.2. The molecule has 3 atom stereocenters. The van der Waals surface area contributed by atoms with Gasteiger partial charge in [0, 0.05) is 5.02 Å². The third-order valence-electron chi connectivity index (χ3n) is 4.95. The lowest BCUT2D eigenvalue weighted by atomic mass is 9.85. The summed E-state index contributed by atoms with van der Waals surface area (Å²) in [7, 11) is 0. The predicted molar refractivity (Wildman–Crippen MR) is 111 cm³/mol. The van der Waals surface area contributed by atoms with Crippen LogP contribution in [0.25, 0.3) is 0 Å². The van der Waals surface area contributed by atoms with Crippen LogP contribution in [-0.4, -0.2) is 29.3 Å². The Bertz CT molecular complexity index is 1010. The molecule has 0 bridgehead atoms. The van der Waals surface area contributed by atoms with Gasteiger partial charge in [-0.1, -0.05) is 48.3 Å². The van der Waals surface area contributed by atoms with Gasteiger partial charge in [-0.2, -0.15) is 26.3 Å². The number of amides is 1. The fourth-order valence-electron chi connectivity index (χ4n) is 3.19. The summed E-state index contributed by atoms with van der Waals surface area (Å²) < 4.78 is 80.4. The van der Waals surface area contributed by atoms with Gasteiger partial charge >= 0.3 is 18.3 Å². The van der Waals surface area contributed by atoms with Crippen molar-refractivity contribution in [3.05, 3.63) is 63.6 Å². The van der Waals surface area contributed by atoms with E-state index in [-0.39, 0.29) is 21.3 Å². The van der Waals surface area contributed by atoms with Gasteiger partial charge in [-0.15, -0.1) is 0 Å². The highest BCUT2D eigenvalue weighted by Crippen LogP contribution is 2.41. The maximum Gasteiger partial charge on any atom is 0.396 e. The molecule has 0 saturated heterocycles. The van der Waals surface area contributed by atoms with E-state index in [0.29, 0.717) is 0 Å². The molecule has 0 radical (unpaired) electrons. The zero-order chi connectivity index (χ0) is 25.1. The average Bonchev–Trinajstić information content (AvgIpc) is 2.68. The van der Waals surface area contributed by atoms with Crippen LogP contribution in [0, 0.1) is 5.92 Å². The molecule has 2 aromatic rings. The Morgan fingerprint density at radius 3 is 1.97 bits per heavy atom. The highest BCUT2D eigenvalue weighted by Gasteiger charge is 2.45. The van der Waals surface area contributed by atoms with E-state index in [2.05, 4.69) is 5.32 Å². The van der Waals surface area contributed by atoms with Gasteiger partial charge in [-0.3, -0.25) is 9.59 Å². The molecular formula is C21H17Cl2F6NO3. The van der Waals surface area contributed by atoms with Crippen LogP contribution in [0.2, 0.25) is 10.0 Å². The summed E-state index contributed by atoms with van der Waals surface area (Å²) in [4.78, 5) is 23.8. The number of carboxylic acid groups (broad SMARTS) is 1. The summed E-state index contributed by atoms with van der Waals surface area (Å²) in [6, 6.07) is 7.81. The molecule has 0 fully saturated rings. The van der Waals surface area contributed by atoms with Gasteiger partial charge in [0.1, 0.15) is 0 Å². The fourth-order valence-corrected chi connectivity index (χ4v) is 3.48. The first-order valence-electron chi connectivity index (χ1n) is 9.32. The summed E-state index contributed by atoms with van der Waals surface area (Å²) in [6.07, 6.45) is -11.0. The van der Waals surface area contributed by atoms with Crippen LogP contribution in [-0.2, 0) is 9.59 Å². The molecule has 0 aliphatic rings. The number of alkyl halides is 6. The van der Waals surface area contributed by atoms with Gasteiger partial charge < -0.3 is 10.4 Å². The quantitative estimate of drug-likeness (QED) is 0.389. The van der Waals surface area contributed by atoms with E-state index in [0.717, 1.165) is 25.1 Å². The lowest BCUT2D eigenvalue weighted by molar-refractivity contribution is -0.178. The highest BCUT2D eigenvalue weighted by atomic mass is 35.5. The highest BCUT2D eigenvalue weighted by molar-refractivity contribution is 6.33. The molecule has 0 aliphatic carbocycles. The van der Waals surface area contributed by atoms with Gasteiger partial charge in [0.15, 0.2) is 0 Å². The molecule has 2 rings (SSSR count). The Labute approximate surface area is 194 Å². The molecule has 4 nitrogen and oxygen atoms in total. The van der Waals surface area contributed by atoms with Crippen molar-refractivity contribution in [2.24, 2.45) is 5.92 Å². The molecular weight excluding hydrogens is 499 g/mol. The van der Waals surface area contributed by atoms with Crippen LogP contribution < -0.4 is 5.32 Å². The van der Waals surface area contributed by atoms with Crippen LogP contribution in [0.5, 0.6) is 0 Å². The Morgan fingerprint density at radius 2 is 1.48 bits per heavy atom. The minimum absolute atomic E-state index is 0.0203. The molecule has 2 N–H and O–H groups in total. The zero-order valence-corrected chi connectivity index (χ0v) is 18.3. The molecule has 1 amide bonds. The van der Waals surface area contributed by atoms with Crippen molar-refractivity contribution in [1.82, 2.24) is 0 Å². The van der Waals surface area contributed by atoms with E-state index in [1.807, 2.05) is 0 Å². The number of carbonyl (C=O) groups excluding carboxylic acids is 1. The maximum atomic E-state index is 13.5. The second-order valence-electron chi connectivity index (χ2n) is 7.28. The molecule has 33 heavy (non-hydrogen) atoms. The summed E-state index contributed by atoms with van der Waals surface area (Å²) in [5.41, 5.74) is -0.920. The van der Waals surface area contributed by atoms with Crippen molar-refractivity contribution in [2.45, 2.75) is 37.5 Å². The van der Waals surface area contributed by atoms with Crippen LogP contribution in [0.3, 0.4) is 0 Å². The van der Waals surface area contributed by atoms with E-state index >= 15 is 0 Å². The normalized spacial score (nSPS) is 14.9. The van der Waals surface area contributed by atoms with E-state index in [9.17, 15) is 35.9 Å². The Kier molecular flexibility index (Phi) is 8.29. The van der Waals surface area contributed by atoms with Crippen molar-refractivity contribution in [1.29, 1.82) is 0 Å². The molecule has 12 heteroatoms. The number of nitrogens with one attached hydrogen (secondary N) is 1. The number of halogens is 8. The minimum Gasteiger partial charge on any atom is -0.481 e. The smallest absolute Gasteiger partial charge is 0.396 e. The van der Waals surface area contributed by atoms with Crippen molar-refractivity contribution < 1.29 is 41.0 Å². The third kappa shape index (κ3) is 7.01. The first kappa shape index (κ1) is 26.8. The van der Waals surface area contributed by atoms with Crippen molar-refractivity contribution in [3.8, 4) is 0 Å². The van der Waals surface area contributed by atoms with E-state index in [4.69, 9.17) is 28.3 Å². The summed E-state index contributed by atoms with van der Waals surface area (Å²) in [5, 5.41) is 11.0. The second-order valence-corrected chi connectivity index (χ2v) is 8.12. The van der Waals surface area contributed by atoms with Crippen molar-refractivity contribution >= 4 is 40.8 Å². The largest absolute Gasteiger partial charge is 0.481 e. The van der Waals surface area contributed by atoms with Gasteiger partial charge in [0.05, 0.1) is 34.9 Å². The Hall–Kier alpha value is -2.46. The van der Waals surface area contributed by atoms with Gasteiger partial charge in [-0.05, 0) is 35.4 Å². The number of benzene rings is 2. The molecule has 0 heterocycles. The van der Waals surface area contributed by atoms with Gasteiger partial charge in [-0.25, -0.2) is 0 Å². The zero-order valence-electron chi connectivity index (χ0n) is 16.8. The molecule has 1 unspecified atom stereocenters. The summed E-state index contributed by atoms with van der Waals surface area (Å²) >= 11 is 11.7. The number of hydrogen-bond acceptors (Lipinski definition) is 2. The molecule has 0 aromatic heterocycles. The number of aliphatic carboxylic acids is 1. The molecule has 0 spiro atoms. The fraction of sp³-hybridized carbons (Fsp3) is 0.333. The van der Waals surface area contributed by atoms with Gasteiger partial charge in [0.2, 0.25) is 5.91 Å². The summed E-state index contributed by atoms with van der Waals surface area (Å²) in [6.45, 7) is 0.795. The molecule has 0 aliphatic heterocycles. The number of carbonyl (C=O) groups is 2. The van der Waals surface area contributed by atoms with Crippen molar-refractivity contribution in [2.75, 3.05) is 5.32 Å². The standard InChI is InChI=1S/C21H17Cl2F6NO3/c1-10(20(24,25)26)18(11-2-5-13(22)6-3-11)19(33)30-16-8-12(4-7-15(16)23)14(9-17(31)32)21(27,28)29/h2-8,10,14,18H,9H2,1H3,(H,30,33)(H,31,32)/t10-,14?,18+/m1/s1. The van der Waals surface area contributed by atoms with E-state index < -0.39 is 54.0 Å². The van der Waals surface area contributed by atoms with Crippen LogP contribution in [0.15, 0.2) is 42.5 Å². The average molecular weight is 516 g/mol. The van der Waals surface area contributed by atoms with Crippen LogP contribution in [0.4, 0.5) is 32.0 Å². The Morgan fingerprint density at radius 1 is 0.939 bits per heavy atom. The minimum atomic E-state index is -4.93. The van der Waals surface area contributed by atoms with Crippen molar-refractivity contribution in [3.63, 3.8) is 0 Å². The molecule has 180 valence electrons. The van der Waals surface area contributed by atoms with Gasteiger partial charge in [0.25, 0.3) is 0 Å². The number of rotatable bonds is 7. The number of anilines is 1. The van der Waals surface area contributed by atoms with Crippen LogP contribution in [0.1, 0.15) is 36.3 Å².